The van der Waals surface area contributed by atoms with Gasteiger partial charge >= 0.3 is 5.97 Å². The van der Waals surface area contributed by atoms with Gasteiger partial charge in [0.1, 0.15) is 12.3 Å². The first kappa shape index (κ1) is 22.2. The Hall–Kier alpha value is -2.64. The van der Waals surface area contributed by atoms with Gasteiger partial charge in [0, 0.05) is 52.5 Å². The van der Waals surface area contributed by atoms with Crippen LogP contribution >= 0.6 is 23.2 Å². The zero-order valence-corrected chi connectivity index (χ0v) is 19.5. The molecule has 1 aliphatic heterocycles. The molecule has 2 aromatic carbocycles. The number of carbonyl (C=O) groups excluding carboxylic acids is 1. The number of esters is 1. The van der Waals surface area contributed by atoms with Crippen molar-refractivity contribution in [2.24, 2.45) is 0 Å². The molecular formula is C25H23Cl2N3O3. The highest BCUT2D eigenvalue weighted by molar-refractivity contribution is 6.33. The largest absolute Gasteiger partial charge is 0.460 e. The second kappa shape index (κ2) is 9.69. The van der Waals surface area contributed by atoms with Crippen LogP contribution in [0.25, 0.3) is 21.8 Å². The maximum Gasteiger partial charge on any atom is 0.356 e. The van der Waals surface area contributed by atoms with Gasteiger partial charge < -0.3 is 14.0 Å². The molecular weight excluding hydrogens is 461 g/mol. The predicted molar refractivity (Wildman–Crippen MR) is 130 cm³/mol. The molecule has 0 aliphatic carbocycles. The third kappa shape index (κ3) is 4.70. The summed E-state index contributed by atoms with van der Waals surface area (Å²) in [7, 11) is 0. The lowest BCUT2D eigenvalue weighted by atomic mass is 10.1. The van der Waals surface area contributed by atoms with Gasteiger partial charge in [0.05, 0.1) is 24.9 Å². The number of nitrogens with zero attached hydrogens (tertiary/aromatic N) is 3. The molecule has 0 radical (unpaired) electrons. The molecule has 2 aromatic heterocycles. The summed E-state index contributed by atoms with van der Waals surface area (Å²) in [6.07, 6.45) is 1.73. The van der Waals surface area contributed by atoms with Crippen molar-refractivity contribution in [3.8, 4) is 0 Å². The number of halogens is 2. The Morgan fingerprint density at radius 1 is 1.03 bits per heavy atom. The van der Waals surface area contributed by atoms with Crippen molar-refractivity contribution >= 4 is 51.0 Å². The standard InChI is InChI=1S/C25H23Cl2N3O3/c26-18-5-6-21(27)17(13-18)16-30-23-4-2-1-3-19(23)20-14-22(28-15-24(20)30)25(31)33-12-9-29-7-10-32-11-8-29/h1-6,13-15H,7-12,16H2. The number of rotatable bonds is 6. The number of aromatic nitrogens is 2. The monoisotopic (exact) mass is 483 g/mol. The molecule has 0 spiro atoms. The molecule has 6 nitrogen and oxygen atoms in total. The number of carbonyl (C=O) groups is 1. The maximum absolute atomic E-state index is 12.7. The van der Waals surface area contributed by atoms with Crippen LogP contribution < -0.4 is 0 Å². The molecule has 1 fully saturated rings. The van der Waals surface area contributed by atoms with Crippen LogP contribution in [0, 0.1) is 0 Å². The van der Waals surface area contributed by atoms with E-state index in [1.807, 2.05) is 36.4 Å². The van der Waals surface area contributed by atoms with Crippen molar-refractivity contribution in [3.05, 3.63) is 76.0 Å². The van der Waals surface area contributed by atoms with Gasteiger partial charge in [-0.25, -0.2) is 9.78 Å². The molecule has 3 heterocycles. The normalized spacial score (nSPS) is 14.7. The maximum atomic E-state index is 12.7. The fraction of sp³-hybridized carbons (Fsp3) is 0.280. The molecule has 0 atom stereocenters. The summed E-state index contributed by atoms with van der Waals surface area (Å²) >= 11 is 12.6. The summed E-state index contributed by atoms with van der Waals surface area (Å²) in [5, 5.41) is 3.27. The van der Waals surface area contributed by atoms with E-state index in [0.717, 1.165) is 53.7 Å². The number of pyridine rings is 1. The van der Waals surface area contributed by atoms with E-state index < -0.39 is 5.97 Å². The molecule has 4 aromatic rings. The minimum Gasteiger partial charge on any atom is -0.460 e. The fourth-order valence-electron chi connectivity index (χ4n) is 4.23. The van der Waals surface area contributed by atoms with Crippen LogP contribution in [0.3, 0.4) is 0 Å². The lowest BCUT2D eigenvalue weighted by Gasteiger charge is -2.26. The van der Waals surface area contributed by atoms with Gasteiger partial charge in [0.15, 0.2) is 0 Å². The molecule has 0 unspecified atom stereocenters. The average molecular weight is 484 g/mol. The summed E-state index contributed by atoms with van der Waals surface area (Å²) in [6, 6.07) is 15.3. The molecule has 33 heavy (non-hydrogen) atoms. The number of benzene rings is 2. The Morgan fingerprint density at radius 2 is 1.85 bits per heavy atom. The van der Waals surface area contributed by atoms with E-state index in [4.69, 9.17) is 32.7 Å². The van der Waals surface area contributed by atoms with E-state index in [0.29, 0.717) is 35.4 Å². The van der Waals surface area contributed by atoms with Crippen LogP contribution in [0.1, 0.15) is 16.1 Å². The van der Waals surface area contributed by atoms with Crippen LogP contribution in [0.2, 0.25) is 10.0 Å². The topological polar surface area (TPSA) is 56.6 Å². The Morgan fingerprint density at radius 3 is 2.70 bits per heavy atom. The van der Waals surface area contributed by atoms with Gasteiger partial charge in [0.2, 0.25) is 0 Å². The van der Waals surface area contributed by atoms with E-state index in [1.54, 1.807) is 18.3 Å². The van der Waals surface area contributed by atoms with Crippen LogP contribution in [0.5, 0.6) is 0 Å². The summed E-state index contributed by atoms with van der Waals surface area (Å²) in [5.41, 5.74) is 3.16. The summed E-state index contributed by atoms with van der Waals surface area (Å²) in [4.78, 5) is 19.3. The van der Waals surface area contributed by atoms with Gasteiger partial charge in [-0.15, -0.1) is 0 Å². The molecule has 8 heteroatoms. The van der Waals surface area contributed by atoms with Crippen molar-refractivity contribution in [1.29, 1.82) is 0 Å². The molecule has 0 N–H and O–H groups in total. The molecule has 5 rings (SSSR count). The highest BCUT2D eigenvalue weighted by Gasteiger charge is 2.17. The molecule has 0 saturated carbocycles. The zero-order chi connectivity index (χ0) is 22.8. The molecule has 0 amide bonds. The van der Waals surface area contributed by atoms with Crippen molar-refractivity contribution < 1.29 is 14.3 Å². The Balaban J connectivity index is 1.42. The quantitative estimate of drug-likeness (QED) is 0.359. The van der Waals surface area contributed by atoms with E-state index in [-0.39, 0.29) is 0 Å². The van der Waals surface area contributed by atoms with Crippen LogP contribution in [-0.2, 0) is 16.0 Å². The van der Waals surface area contributed by atoms with E-state index in [2.05, 4.69) is 14.5 Å². The number of fused-ring (bicyclic) bond motifs is 3. The molecule has 1 saturated heterocycles. The predicted octanol–water partition coefficient (Wildman–Crippen LogP) is 5.03. The first-order valence-electron chi connectivity index (χ1n) is 10.9. The first-order valence-corrected chi connectivity index (χ1v) is 11.6. The Bertz CT molecular complexity index is 1320. The second-order valence-corrected chi connectivity index (χ2v) is 8.86. The lowest BCUT2D eigenvalue weighted by Crippen LogP contribution is -2.38. The van der Waals surface area contributed by atoms with Crippen LogP contribution in [0.15, 0.2) is 54.7 Å². The third-order valence-electron chi connectivity index (χ3n) is 5.95. The number of hydrogen-bond donors (Lipinski definition) is 0. The Labute approximate surface area is 201 Å². The Kier molecular flexibility index (Phi) is 6.51. The number of ether oxygens (including phenoxy) is 2. The number of morpholine rings is 1. The lowest BCUT2D eigenvalue weighted by molar-refractivity contribution is 0.0193. The first-order chi connectivity index (χ1) is 16.1. The van der Waals surface area contributed by atoms with E-state index in [1.165, 1.54) is 0 Å². The molecule has 1 aliphatic rings. The van der Waals surface area contributed by atoms with Crippen LogP contribution in [0.4, 0.5) is 0 Å². The van der Waals surface area contributed by atoms with Crippen LogP contribution in [-0.4, -0.2) is 59.9 Å². The molecule has 170 valence electrons. The van der Waals surface area contributed by atoms with Gasteiger partial charge in [-0.2, -0.15) is 0 Å². The average Bonchev–Trinajstić information content (AvgIpc) is 3.15. The smallest absolute Gasteiger partial charge is 0.356 e. The van der Waals surface area contributed by atoms with Gasteiger partial charge in [-0.1, -0.05) is 41.4 Å². The van der Waals surface area contributed by atoms with Crippen molar-refractivity contribution in [1.82, 2.24) is 14.5 Å². The van der Waals surface area contributed by atoms with Crippen molar-refractivity contribution in [3.63, 3.8) is 0 Å². The third-order valence-corrected chi connectivity index (χ3v) is 6.55. The van der Waals surface area contributed by atoms with Gasteiger partial charge in [-0.05, 0) is 35.9 Å². The summed E-state index contributed by atoms with van der Waals surface area (Å²) in [6.45, 7) is 4.71. The minimum atomic E-state index is -0.417. The van der Waals surface area contributed by atoms with Gasteiger partial charge in [0.25, 0.3) is 0 Å². The van der Waals surface area contributed by atoms with Crippen molar-refractivity contribution in [2.75, 3.05) is 39.5 Å². The summed E-state index contributed by atoms with van der Waals surface area (Å²) in [5.74, 6) is -0.417. The highest BCUT2D eigenvalue weighted by atomic mass is 35.5. The van der Waals surface area contributed by atoms with E-state index in [9.17, 15) is 4.79 Å². The van der Waals surface area contributed by atoms with Gasteiger partial charge in [-0.3, -0.25) is 4.90 Å². The zero-order valence-electron chi connectivity index (χ0n) is 18.0. The molecule has 0 bridgehead atoms. The highest BCUT2D eigenvalue weighted by Crippen LogP contribution is 2.31. The fourth-order valence-corrected chi connectivity index (χ4v) is 4.60. The second-order valence-electron chi connectivity index (χ2n) is 8.02. The number of para-hydroxylation sites is 1. The summed E-state index contributed by atoms with van der Waals surface area (Å²) < 4.78 is 13.0. The van der Waals surface area contributed by atoms with Crippen molar-refractivity contribution in [2.45, 2.75) is 6.54 Å². The van der Waals surface area contributed by atoms with E-state index >= 15 is 0 Å². The SMILES string of the molecule is O=C(OCCN1CCOCC1)c1cc2c3ccccc3n(Cc3cc(Cl)ccc3Cl)c2cn1. The number of hydrogen-bond acceptors (Lipinski definition) is 5. The minimum absolute atomic E-state index is 0.299.